The van der Waals surface area contributed by atoms with Gasteiger partial charge in [0, 0.05) is 50.3 Å². The highest BCUT2D eigenvalue weighted by Gasteiger charge is 2.24. The van der Waals surface area contributed by atoms with Gasteiger partial charge in [-0.25, -0.2) is 4.98 Å². The van der Waals surface area contributed by atoms with Crippen LogP contribution in [-0.2, 0) is 6.61 Å². The second-order valence-corrected chi connectivity index (χ2v) is 8.24. The fourth-order valence-electron chi connectivity index (χ4n) is 4.22. The van der Waals surface area contributed by atoms with E-state index in [1.165, 1.54) is 0 Å². The second kappa shape index (κ2) is 8.86. The van der Waals surface area contributed by atoms with E-state index in [1.54, 1.807) is 12.1 Å². The number of ether oxygens (including phenoxy) is 1. The molecule has 4 aromatic rings. The smallest absolute Gasteiger partial charge is 0.257 e. The van der Waals surface area contributed by atoms with Gasteiger partial charge in [-0.05, 0) is 42.8 Å². The van der Waals surface area contributed by atoms with E-state index in [-0.39, 0.29) is 18.3 Å². The fraction of sp³-hybridized carbons (Fsp3) is 0.231. The van der Waals surface area contributed by atoms with Crippen molar-refractivity contribution in [3.63, 3.8) is 0 Å². The number of imidazole rings is 1. The predicted octanol–water partition coefficient (Wildman–Crippen LogP) is 3.89. The molecule has 0 spiro atoms. The van der Waals surface area contributed by atoms with Crippen molar-refractivity contribution in [1.29, 1.82) is 0 Å². The van der Waals surface area contributed by atoms with Crippen LogP contribution >= 0.6 is 0 Å². The molecule has 3 heterocycles. The molecule has 1 amide bonds. The molecule has 5 rings (SSSR count). The summed E-state index contributed by atoms with van der Waals surface area (Å²) in [5, 5.41) is 9.74. The van der Waals surface area contributed by atoms with Gasteiger partial charge in [-0.3, -0.25) is 4.79 Å². The molecule has 1 fully saturated rings. The van der Waals surface area contributed by atoms with Gasteiger partial charge in [-0.1, -0.05) is 24.3 Å². The molecule has 168 valence electrons. The molecule has 7 heteroatoms. The summed E-state index contributed by atoms with van der Waals surface area (Å²) < 4.78 is 8.03. The van der Waals surface area contributed by atoms with Crippen LogP contribution in [0.3, 0.4) is 0 Å². The number of phenols is 1. The predicted molar refractivity (Wildman–Crippen MR) is 127 cm³/mol. The number of hydrogen-bond donors (Lipinski definition) is 1. The van der Waals surface area contributed by atoms with Gasteiger partial charge in [0.15, 0.2) is 0 Å². The summed E-state index contributed by atoms with van der Waals surface area (Å²) >= 11 is 0. The maximum Gasteiger partial charge on any atom is 0.257 e. The number of nitrogens with zero attached hydrogens (tertiary/aromatic N) is 4. The Bertz CT molecular complexity index is 1290. The van der Waals surface area contributed by atoms with Crippen molar-refractivity contribution in [1.82, 2.24) is 14.3 Å². The number of piperazine rings is 1. The van der Waals surface area contributed by atoms with E-state index in [1.807, 2.05) is 77.1 Å². The Morgan fingerprint density at radius 1 is 1.03 bits per heavy atom. The average molecular weight is 443 g/mol. The van der Waals surface area contributed by atoms with E-state index in [9.17, 15) is 9.90 Å². The lowest BCUT2D eigenvalue weighted by Crippen LogP contribution is -2.48. The molecule has 1 aliphatic rings. The fourth-order valence-corrected chi connectivity index (χ4v) is 4.22. The standard InChI is InChI=1S/C26H26N4O3/c1-19-6-5-11-30-17-20(27-25(19)30)18-33-24-10-3-2-9-23(24)26(32)29-14-12-28(13-15-29)21-7-4-8-22(31)16-21/h2-11,16-17,31H,12-15,18H2,1H3. The van der Waals surface area contributed by atoms with Crippen LogP contribution in [0.5, 0.6) is 11.5 Å². The van der Waals surface area contributed by atoms with Gasteiger partial charge in [0.05, 0.1) is 11.3 Å². The molecular weight excluding hydrogens is 416 g/mol. The molecule has 1 saturated heterocycles. The maximum atomic E-state index is 13.3. The minimum absolute atomic E-state index is 0.0352. The maximum absolute atomic E-state index is 13.3. The molecule has 2 aromatic heterocycles. The highest BCUT2D eigenvalue weighted by atomic mass is 16.5. The van der Waals surface area contributed by atoms with Crippen molar-refractivity contribution in [2.75, 3.05) is 31.1 Å². The largest absolute Gasteiger partial charge is 0.508 e. The summed E-state index contributed by atoms with van der Waals surface area (Å²) in [6.45, 7) is 4.94. The summed E-state index contributed by atoms with van der Waals surface area (Å²) in [6.07, 6.45) is 3.92. The first-order valence-corrected chi connectivity index (χ1v) is 11.1. The Kier molecular flexibility index (Phi) is 5.60. The first-order valence-electron chi connectivity index (χ1n) is 11.1. The topological polar surface area (TPSA) is 70.3 Å². The number of rotatable bonds is 5. The van der Waals surface area contributed by atoms with E-state index in [0.717, 1.165) is 22.6 Å². The van der Waals surface area contributed by atoms with E-state index in [2.05, 4.69) is 9.88 Å². The molecule has 1 aliphatic heterocycles. The van der Waals surface area contributed by atoms with Crippen LogP contribution in [0.2, 0.25) is 0 Å². The van der Waals surface area contributed by atoms with Crippen molar-refractivity contribution in [3.05, 3.63) is 89.9 Å². The third kappa shape index (κ3) is 4.35. The number of benzene rings is 2. The number of phenolic OH excluding ortho intramolecular Hbond substituents is 1. The van der Waals surface area contributed by atoms with Crippen LogP contribution in [0.15, 0.2) is 73.1 Å². The summed E-state index contributed by atoms with van der Waals surface area (Å²) in [7, 11) is 0. The number of hydrogen-bond acceptors (Lipinski definition) is 5. The molecule has 0 saturated carbocycles. The summed E-state index contributed by atoms with van der Waals surface area (Å²) in [5.74, 6) is 0.775. The van der Waals surface area contributed by atoms with Crippen LogP contribution in [-0.4, -0.2) is 51.5 Å². The van der Waals surface area contributed by atoms with Gasteiger partial charge >= 0.3 is 0 Å². The molecule has 0 bridgehead atoms. The zero-order chi connectivity index (χ0) is 22.8. The van der Waals surface area contributed by atoms with E-state index in [0.29, 0.717) is 37.5 Å². The minimum Gasteiger partial charge on any atom is -0.508 e. The van der Waals surface area contributed by atoms with Crippen LogP contribution < -0.4 is 9.64 Å². The Morgan fingerprint density at radius 3 is 2.64 bits per heavy atom. The van der Waals surface area contributed by atoms with Crippen molar-refractivity contribution in [2.45, 2.75) is 13.5 Å². The molecule has 33 heavy (non-hydrogen) atoms. The number of carbonyl (C=O) groups is 1. The SMILES string of the molecule is Cc1cccn2cc(COc3ccccc3C(=O)N3CCN(c4cccc(O)c4)CC3)nc12. The first-order chi connectivity index (χ1) is 16.1. The number of aryl methyl sites for hydroxylation is 1. The number of anilines is 1. The van der Waals surface area contributed by atoms with Crippen molar-refractivity contribution >= 4 is 17.2 Å². The van der Waals surface area contributed by atoms with E-state index in [4.69, 9.17) is 4.74 Å². The van der Waals surface area contributed by atoms with Crippen LogP contribution in [0.1, 0.15) is 21.6 Å². The number of fused-ring (bicyclic) bond motifs is 1. The normalized spacial score (nSPS) is 14.0. The Hall–Kier alpha value is -4.00. The van der Waals surface area contributed by atoms with Gasteiger partial charge < -0.3 is 24.0 Å². The lowest BCUT2D eigenvalue weighted by atomic mass is 10.1. The molecule has 2 aromatic carbocycles. The van der Waals surface area contributed by atoms with Crippen molar-refractivity contribution in [2.24, 2.45) is 0 Å². The molecule has 0 atom stereocenters. The quantitative estimate of drug-likeness (QED) is 0.508. The van der Waals surface area contributed by atoms with Gasteiger partial charge in [0.1, 0.15) is 23.8 Å². The highest BCUT2D eigenvalue weighted by molar-refractivity contribution is 5.97. The van der Waals surface area contributed by atoms with Crippen LogP contribution in [0.25, 0.3) is 5.65 Å². The third-order valence-electron chi connectivity index (χ3n) is 5.98. The third-order valence-corrected chi connectivity index (χ3v) is 5.98. The molecule has 1 N–H and O–H groups in total. The van der Waals surface area contributed by atoms with Crippen molar-refractivity contribution in [3.8, 4) is 11.5 Å². The zero-order valence-electron chi connectivity index (χ0n) is 18.5. The van der Waals surface area contributed by atoms with Crippen LogP contribution in [0, 0.1) is 6.92 Å². The Labute approximate surface area is 192 Å². The van der Waals surface area contributed by atoms with E-state index < -0.39 is 0 Å². The zero-order valence-corrected chi connectivity index (χ0v) is 18.5. The second-order valence-electron chi connectivity index (χ2n) is 8.24. The van der Waals surface area contributed by atoms with Gasteiger partial charge in [0.2, 0.25) is 0 Å². The molecule has 0 aliphatic carbocycles. The van der Waals surface area contributed by atoms with Crippen molar-refractivity contribution < 1.29 is 14.6 Å². The van der Waals surface area contributed by atoms with Gasteiger partial charge in [-0.2, -0.15) is 0 Å². The summed E-state index contributed by atoms with van der Waals surface area (Å²) in [5.41, 5.74) is 4.34. The Morgan fingerprint density at radius 2 is 1.85 bits per heavy atom. The molecular formula is C26H26N4O3. The highest BCUT2D eigenvalue weighted by Crippen LogP contribution is 2.24. The number of para-hydroxylation sites is 1. The summed E-state index contributed by atoms with van der Waals surface area (Å²) in [4.78, 5) is 22.0. The molecule has 0 unspecified atom stereocenters. The number of aromatic nitrogens is 2. The molecule has 0 radical (unpaired) electrons. The monoisotopic (exact) mass is 442 g/mol. The number of pyridine rings is 1. The van der Waals surface area contributed by atoms with Gasteiger partial charge in [0.25, 0.3) is 5.91 Å². The number of aromatic hydroxyl groups is 1. The summed E-state index contributed by atoms with van der Waals surface area (Å²) in [6, 6.07) is 18.6. The lowest BCUT2D eigenvalue weighted by molar-refractivity contribution is 0.0741. The Balaban J connectivity index is 1.26. The van der Waals surface area contributed by atoms with Gasteiger partial charge in [-0.15, -0.1) is 0 Å². The number of carbonyl (C=O) groups excluding carboxylic acids is 1. The minimum atomic E-state index is -0.0352. The van der Waals surface area contributed by atoms with Crippen LogP contribution in [0.4, 0.5) is 5.69 Å². The number of amides is 1. The van der Waals surface area contributed by atoms with E-state index >= 15 is 0 Å². The first kappa shape index (κ1) is 20.9. The average Bonchev–Trinajstić information content (AvgIpc) is 3.27. The lowest BCUT2D eigenvalue weighted by Gasteiger charge is -2.36. The molecule has 7 nitrogen and oxygen atoms in total.